The van der Waals surface area contributed by atoms with Crippen molar-refractivity contribution in [2.75, 3.05) is 13.1 Å². The van der Waals surface area contributed by atoms with Gasteiger partial charge in [-0.25, -0.2) is 9.48 Å². The van der Waals surface area contributed by atoms with Crippen molar-refractivity contribution < 1.29 is 14.7 Å². The smallest absolute Gasteiger partial charge is 0.358 e. The second-order valence-corrected chi connectivity index (χ2v) is 5.49. The molecule has 1 saturated heterocycles. The molecular formula is C13H21N5O3. The van der Waals surface area contributed by atoms with E-state index in [1.807, 2.05) is 25.7 Å². The molecule has 1 aromatic heterocycles. The predicted octanol–water partition coefficient (Wildman–Crippen LogP) is 0.136. The zero-order chi connectivity index (χ0) is 15.6. The topological polar surface area (TPSA) is 100 Å². The number of carboxylic acids is 1. The van der Waals surface area contributed by atoms with E-state index in [9.17, 15) is 9.59 Å². The Morgan fingerprint density at radius 1 is 1.48 bits per heavy atom. The van der Waals surface area contributed by atoms with Gasteiger partial charge in [0.2, 0.25) is 5.91 Å². The summed E-state index contributed by atoms with van der Waals surface area (Å²) in [5.41, 5.74) is -0.0592. The lowest BCUT2D eigenvalue weighted by atomic mass is 10.1. The molecule has 2 atom stereocenters. The van der Waals surface area contributed by atoms with Gasteiger partial charge in [0.05, 0.1) is 18.3 Å². The van der Waals surface area contributed by atoms with E-state index in [0.29, 0.717) is 13.1 Å². The lowest BCUT2D eigenvalue weighted by molar-refractivity contribution is -0.129. The Kier molecular flexibility index (Phi) is 4.56. The molecule has 2 rings (SSSR count). The van der Waals surface area contributed by atoms with E-state index >= 15 is 0 Å². The molecule has 0 spiro atoms. The van der Waals surface area contributed by atoms with Gasteiger partial charge in [-0.2, -0.15) is 0 Å². The normalized spacial score (nSPS) is 18.8. The predicted molar refractivity (Wildman–Crippen MR) is 74.9 cm³/mol. The van der Waals surface area contributed by atoms with E-state index in [1.54, 1.807) is 4.68 Å². The van der Waals surface area contributed by atoms with Crippen molar-refractivity contribution >= 4 is 11.9 Å². The van der Waals surface area contributed by atoms with Crippen LogP contribution in [0.2, 0.25) is 0 Å². The third-order valence-electron chi connectivity index (χ3n) is 3.92. The number of carbonyl (C=O) groups is 2. The number of hydrogen-bond acceptors (Lipinski definition) is 5. The van der Waals surface area contributed by atoms with Crippen LogP contribution >= 0.6 is 0 Å². The summed E-state index contributed by atoms with van der Waals surface area (Å²) in [5, 5.41) is 19.2. The highest BCUT2D eigenvalue weighted by molar-refractivity contribution is 5.84. The van der Waals surface area contributed by atoms with Gasteiger partial charge in [0.15, 0.2) is 5.69 Å². The second kappa shape index (κ2) is 6.21. The molecule has 2 N–H and O–H groups in total. The van der Waals surface area contributed by atoms with E-state index in [4.69, 9.17) is 5.11 Å². The van der Waals surface area contributed by atoms with E-state index < -0.39 is 5.97 Å². The number of carbonyl (C=O) groups excluding carboxylic acids is 1. The highest BCUT2D eigenvalue weighted by Gasteiger charge is 2.35. The van der Waals surface area contributed by atoms with E-state index in [0.717, 1.165) is 6.42 Å². The first kappa shape index (κ1) is 15.4. The maximum Gasteiger partial charge on any atom is 0.358 e. The number of likely N-dealkylation sites (tertiary alicyclic amines) is 1. The fourth-order valence-corrected chi connectivity index (χ4v) is 2.16. The van der Waals surface area contributed by atoms with Gasteiger partial charge < -0.3 is 10.4 Å². The first-order chi connectivity index (χ1) is 9.92. The number of hydrogen-bond donors (Lipinski definition) is 2. The van der Waals surface area contributed by atoms with Gasteiger partial charge >= 0.3 is 5.97 Å². The van der Waals surface area contributed by atoms with Crippen LogP contribution in [0, 0.1) is 0 Å². The van der Waals surface area contributed by atoms with Crippen LogP contribution in [0.3, 0.4) is 0 Å². The molecule has 1 aromatic rings. The minimum Gasteiger partial charge on any atom is -0.476 e. The van der Waals surface area contributed by atoms with Crippen LogP contribution in [0.1, 0.15) is 43.7 Å². The summed E-state index contributed by atoms with van der Waals surface area (Å²) in [6.07, 6.45) is 2.33. The molecule has 8 heteroatoms. The minimum atomic E-state index is -1.08. The molecule has 0 bridgehead atoms. The SMILES string of the molecule is CCC(C)NC(=O)C(C)N1CC(n2cc(C(=O)O)nn2)C1. The molecule has 8 nitrogen and oxygen atoms in total. The summed E-state index contributed by atoms with van der Waals surface area (Å²) < 4.78 is 1.55. The number of carboxylic acid groups (broad SMARTS) is 1. The van der Waals surface area contributed by atoms with Crippen molar-refractivity contribution in [1.29, 1.82) is 0 Å². The van der Waals surface area contributed by atoms with E-state index in [2.05, 4.69) is 15.6 Å². The molecule has 1 amide bonds. The Labute approximate surface area is 123 Å². The Morgan fingerprint density at radius 2 is 2.14 bits per heavy atom. The van der Waals surface area contributed by atoms with Gasteiger partial charge in [0.25, 0.3) is 0 Å². The average molecular weight is 295 g/mol. The molecule has 0 saturated carbocycles. The Bertz CT molecular complexity index is 524. The van der Waals surface area contributed by atoms with Crippen LogP contribution < -0.4 is 5.32 Å². The fraction of sp³-hybridized carbons (Fsp3) is 0.692. The maximum absolute atomic E-state index is 12.0. The summed E-state index contributed by atoms with van der Waals surface area (Å²) in [6.45, 7) is 7.21. The molecule has 0 radical (unpaired) electrons. The Balaban J connectivity index is 1.85. The quantitative estimate of drug-likeness (QED) is 0.774. The van der Waals surface area contributed by atoms with Crippen LogP contribution in [0.4, 0.5) is 0 Å². The van der Waals surface area contributed by atoms with E-state index in [1.165, 1.54) is 6.20 Å². The van der Waals surface area contributed by atoms with Gasteiger partial charge in [-0.1, -0.05) is 12.1 Å². The summed E-state index contributed by atoms with van der Waals surface area (Å²) in [5.74, 6) is -1.06. The third-order valence-corrected chi connectivity index (χ3v) is 3.92. The minimum absolute atomic E-state index is 0.0209. The molecular weight excluding hydrogens is 274 g/mol. The molecule has 2 heterocycles. The van der Waals surface area contributed by atoms with Gasteiger partial charge in [-0.05, 0) is 20.3 Å². The standard InChI is InChI=1S/C13H21N5O3/c1-4-8(2)14-12(19)9(3)17-5-10(6-17)18-7-11(13(20)21)15-16-18/h7-10H,4-6H2,1-3H3,(H,14,19)(H,20,21). The lowest BCUT2D eigenvalue weighted by Crippen LogP contribution is -2.57. The molecule has 2 unspecified atom stereocenters. The zero-order valence-corrected chi connectivity index (χ0v) is 12.5. The van der Waals surface area contributed by atoms with Crippen molar-refractivity contribution in [1.82, 2.24) is 25.2 Å². The maximum atomic E-state index is 12.0. The van der Waals surface area contributed by atoms with Gasteiger partial charge in [-0.3, -0.25) is 9.69 Å². The van der Waals surface area contributed by atoms with Crippen LogP contribution in [0.25, 0.3) is 0 Å². The number of nitrogens with one attached hydrogen (secondary N) is 1. The Hall–Kier alpha value is -1.96. The van der Waals surface area contributed by atoms with E-state index in [-0.39, 0.29) is 29.7 Å². The third kappa shape index (κ3) is 3.38. The average Bonchev–Trinajstić information content (AvgIpc) is 2.86. The summed E-state index contributed by atoms with van der Waals surface area (Å²) in [7, 11) is 0. The van der Waals surface area contributed by atoms with Crippen LogP contribution in [0.5, 0.6) is 0 Å². The highest BCUT2D eigenvalue weighted by atomic mass is 16.4. The second-order valence-electron chi connectivity index (χ2n) is 5.49. The van der Waals surface area contributed by atoms with Gasteiger partial charge in [0, 0.05) is 19.1 Å². The summed E-state index contributed by atoms with van der Waals surface area (Å²) in [6, 6.07) is 0.0487. The van der Waals surface area contributed by atoms with Crippen molar-refractivity contribution in [3.63, 3.8) is 0 Å². The highest BCUT2D eigenvalue weighted by Crippen LogP contribution is 2.22. The summed E-state index contributed by atoms with van der Waals surface area (Å²) in [4.78, 5) is 24.8. The molecule has 21 heavy (non-hydrogen) atoms. The van der Waals surface area contributed by atoms with Crippen LogP contribution in [-0.4, -0.2) is 62.0 Å². The molecule has 116 valence electrons. The van der Waals surface area contributed by atoms with Crippen LogP contribution in [-0.2, 0) is 4.79 Å². The molecule has 0 aliphatic carbocycles. The zero-order valence-electron chi connectivity index (χ0n) is 12.5. The molecule has 0 aromatic carbocycles. The lowest BCUT2D eigenvalue weighted by Gasteiger charge is -2.42. The van der Waals surface area contributed by atoms with Crippen molar-refractivity contribution in [2.45, 2.75) is 45.3 Å². The Morgan fingerprint density at radius 3 is 2.67 bits per heavy atom. The number of rotatable bonds is 6. The van der Waals surface area contributed by atoms with Gasteiger partial charge in [-0.15, -0.1) is 5.10 Å². The number of amides is 1. The number of aromatic nitrogens is 3. The van der Waals surface area contributed by atoms with Crippen molar-refractivity contribution in [3.8, 4) is 0 Å². The van der Waals surface area contributed by atoms with Gasteiger partial charge in [0.1, 0.15) is 0 Å². The van der Waals surface area contributed by atoms with Crippen LogP contribution in [0.15, 0.2) is 6.20 Å². The molecule has 1 aliphatic rings. The fourth-order valence-electron chi connectivity index (χ4n) is 2.16. The monoisotopic (exact) mass is 295 g/mol. The number of aromatic carboxylic acids is 1. The first-order valence-electron chi connectivity index (χ1n) is 7.12. The summed E-state index contributed by atoms with van der Waals surface area (Å²) >= 11 is 0. The number of nitrogens with zero attached hydrogens (tertiary/aromatic N) is 4. The molecule has 1 fully saturated rings. The largest absolute Gasteiger partial charge is 0.476 e. The van der Waals surface area contributed by atoms with Crippen molar-refractivity contribution in [2.24, 2.45) is 0 Å². The van der Waals surface area contributed by atoms with Crippen molar-refractivity contribution in [3.05, 3.63) is 11.9 Å². The first-order valence-corrected chi connectivity index (χ1v) is 7.12. The molecule has 1 aliphatic heterocycles.